The van der Waals surface area contributed by atoms with E-state index in [4.69, 9.17) is 28.8 Å². The lowest BCUT2D eigenvalue weighted by Gasteiger charge is -2.27. The van der Waals surface area contributed by atoms with Crippen LogP contribution in [0.5, 0.6) is 0 Å². The summed E-state index contributed by atoms with van der Waals surface area (Å²) in [6, 6.07) is 145. The van der Waals surface area contributed by atoms with Gasteiger partial charge in [-0.1, -0.05) is 303 Å². The molecule has 25 aromatic rings. The summed E-state index contributed by atoms with van der Waals surface area (Å²) in [5.41, 5.74) is 24.4. The van der Waals surface area contributed by atoms with Gasteiger partial charge in [0.15, 0.2) is 0 Å². The molecule has 0 aliphatic heterocycles. The quantitative estimate of drug-likeness (QED) is 0.119. The normalized spacial score (nSPS) is 11.8. The Morgan fingerprint density at radius 2 is 0.579 bits per heavy atom. The third-order valence-corrected chi connectivity index (χ3v) is 25.0. The molecule has 0 radical (unpaired) electrons. The number of nitrogens with zero attached hydrogens (tertiary/aromatic N) is 8. The van der Waals surface area contributed by atoms with Crippen LogP contribution in [0.1, 0.15) is 0 Å². The minimum atomic E-state index is 0.619. The Labute approximate surface area is 697 Å². The van der Waals surface area contributed by atoms with Gasteiger partial charge in [0.25, 0.3) is 0 Å². The first-order chi connectivity index (χ1) is 60.0. The molecule has 25 rings (SSSR count). The molecule has 11 heteroatoms. The average molecular weight is 1570 g/mol. The number of rotatable bonds is 12. The molecule has 0 amide bonds. The Hall–Kier alpha value is -16.1. The fourth-order valence-corrected chi connectivity index (χ4v) is 19.5. The summed E-state index contributed by atoms with van der Waals surface area (Å²) in [6.07, 6.45) is 0. The first kappa shape index (κ1) is 69.2. The van der Waals surface area contributed by atoms with Crippen molar-refractivity contribution in [1.82, 2.24) is 29.1 Å². The van der Waals surface area contributed by atoms with Gasteiger partial charge in [0.05, 0.1) is 71.3 Å². The summed E-state index contributed by atoms with van der Waals surface area (Å²) in [5, 5.41) is 14.9. The zero-order valence-corrected chi connectivity index (χ0v) is 65.9. The van der Waals surface area contributed by atoms with E-state index in [0.29, 0.717) is 11.9 Å². The van der Waals surface area contributed by atoms with Crippen molar-refractivity contribution >= 4 is 186 Å². The fourth-order valence-electron chi connectivity index (χ4n) is 18.3. The summed E-state index contributed by atoms with van der Waals surface area (Å²) in [4.78, 5) is 26.0. The SMILES string of the molecule is c1ccc(-c2ccc(N(c3ccccc3)c3cc4c5ccc6c(c7ccccc7n6-c6nc(-c7ccccc7)c7ccccc7n6)c5oc4c4ccccc34)cc2)cc1.c1ccc(-c2ccc(N(c3ccccc3)c3cc4c5ccc6c(c7ccccc7n6-c6nc(-c7ccccc7)c7sc8ccccc8c7n6)c5oc4c4ccccc34)cc2)cc1. The molecular weight excluding hydrogens is 1500 g/mol. The van der Waals surface area contributed by atoms with E-state index in [1.165, 1.54) is 27.0 Å². The molecule has 566 valence electrons. The lowest BCUT2D eigenvalue weighted by molar-refractivity contribution is 0.676. The van der Waals surface area contributed by atoms with Crippen LogP contribution in [-0.4, -0.2) is 29.1 Å². The second-order valence-corrected chi connectivity index (χ2v) is 31.7. The smallest absolute Gasteiger partial charge is 0.235 e. The molecule has 0 bridgehead atoms. The number of hydrogen-bond acceptors (Lipinski definition) is 9. The Balaban J connectivity index is 0.000000137. The van der Waals surface area contributed by atoms with E-state index < -0.39 is 0 Å². The number of hydrogen-bond donors (Lipinski definition) is 0. The monoisotopic (exact) mass is 1560 g/mol. The van der Waals surface area contributed by atoms with Crippen molar-refractivity contribution in [3.05, 3.63) is 413 Å². The Morgan fingerprint density at radius 1 is 0.231 bits per heavy atom. The third kappa shape index (κ3) is 11.4. The number of anilines is 6. The molecule has 0 saturated heterocycles. The minimum absolute atomic E-state index is 0.619. The van der Waals surface area contributed by atoms with Gasteiger partial charge in [-0.2, -0.15) is 0 Å². The van der Waals surface area contributed by atoms with Gasteiger partial charge in [-0.25, -0.2) is 19.9 Å². The van der Waals surface area contributed by atoms with Crippen molar-refractivity contribution in [3.8, 4) is 56.7 Å². The average Bonchev–Trinajstić information content (AvgIpc) is 1.55. The molecule has 0 saturated carbocycles. The molecule has 0 unspecified atom stereocenters. The maximum Gasteiger partial charge on any atom is 0.235 e. The first-order valence-corrected chi connectivity index (χ1v) is 41.6. The highest BCUT2D eigenvalue weighted by atomic mass is 32.1. The summed E-state index contributed by atoms with van der Waals surface area (Å²) in [7, 11) is 0. The van der Waals surface area contributed by atoms with E-state index in [1.807, 2.05) is 24.3 Å². The molecule has 0 aliphatic rings. The van der Waals surface area contributed by atoms with Crippen LogP contribution in [0.4, 0.5) is 34.1 Å². The van der Waals surface area contributed by atoms with Crippen LogP contribution in [0.3, 0.4) is 0 Å². The molecule has 10 nitrogen and oxygen atoms in total. The Morgan fingerprint density at radius 3 is 1.06 bits per heavy atom. The van der Waals surface area contributed by atoms with E-state index in [0.717, 1.165) is 192 Å². The Bertz CT molecular complexity index is 8380. The number of fused-ring (bicyclic) bond motifs is 22. The van der Waals surface area contributed by atoms with Crippen molar-refractivity contribution in [1.29, 1.82) is 0 Å². The van der Waals surface area contributed by atoms with Gasteiger partial charge in [0.1, 0.15) is 22.3 Å². The molecule has 0 fully saturated rings. The number of furan rings is 2. The molecule has 7 heterocycles. The molecular formula is C110H68N8O2S. The van der Waals surface area contributed by atoms with Crippen molar-refractivity contribution in [2.24, 2.45) is 0 Å². The third-order valence-electron chi connectivity index (χ3n) is 23.8. The van der Waals surface area contributed by atoms with Gasteiger partial charge in [-0.05, 0) is 131 Å². The summed E-state index contributed by atoms with van der Waals surface area (Å²) < 4.78 is 21.0. The van der Waals surface area contributed by atoms with Gasteiger partial charge in [0, 0.05) is 103 Å². The molecule has 0 aliphatic carbocycles. The Kier molecular flexibility index (Phi) is 16.2. The van der Waals surface area contributed by atoms with Crippen molar-refractivity contribution in [3.63, 3.8) is 0 Å². The first-order valence-electron chi connectivity index (χ1n) is 40.7. The fraction of sp³-hybridized carbons (Fsp3) is 0. The predicted octanol–water partition coefficient (Wildman–Crippen LogP) is 30.4. The molecule has 121 heavy (non-hydrogen) atoms. The molecule has 0 spiro atoms. The molecule has 0 atom stereocenters. The second-order valence-electron chi connectivity index (χ2n) is 30.7. The van der Waals surface area contributed by atoms with Crippen LogP contribution >= 0.6 is 11.3 Å². The van der Waals surface area contributed by atoms with Gasteiger partial charge in [0.2, 0.25) is 11.9 Å². The van der Waals surface area contributed by atoms with Crippen LogP contribution in [-0.2, 0) is 0 Å². The maximum absolute atomic E-state index is 7.18. The van der Waals surface area contributed by atoms with E-state index in [2.05, 4.69) is 407 Å². The van der Waals surface area contributed by atoms with E-state index in [-0.39, 0.29) is 0 Å². The number of benzene rings is 18. The number of aromatic nitrogens is 6. The lowest BCUT2D eigenvalue weighted by atomic mass is 10.0. The lowest BCUT2D eigenvalue weighted by Crippen LogP contribution is -2.10. The van der Waals surface area contributed by atoms with E-state index in [1.54, 1.807) is 11.3 Å². The molecule has 7 aromatic heterocycles. The largest absolute Gasteiger partial charge is 0.455 e. The zero-order chi connectivity index (χ0) is 79.6. The second kappa shape index (κ2) is 28.4. The number of thiophene rings is 1. The summed E-state index contributed by atoms with van der Waals surface area (Å²) >= 11 is 1.75. The standard InChI is InChI=1S/C56H34N4OS.C54H34N4O/c1-4-16-35(17-5-1)36-28-30-39(31-29-36)59(38-20-8-3-9-21-38)48-34-45-42-32-33-47-50(54(42)61-53(45)41-23-11-10-22-40(41)48)43-24-12-14-26-46(43)60(47)56-57-51(37-18-6-2-7-19-37)55-52(58-56)44-25-13-15-27-49(44)62-55;1-4-16-35(17-5-1)36-28-30-39(31-29-36)57(38-20-8-3-9-21-38)49-34-45-42-32-33-48-50(53(42)59-52(45)41-23-11-10-22-40(41)49)44-25-13-15-27-47(44)58(48)54-55-46-26-14-12-24-43(46)51(56-54)37-18-6-2-7-19-37/h1-34H;1-34H. The van der Waals surface area contributed by atoms with E-state index in [9.17, 15) is 0 Å². The van der Waals surface area contributed by atoms with Crippen LogP contribution in [0.2, 0.25) is 0 Å². The van der Waals surface area contributed by atoms with Gasteiger partial charge in [-0.15, -0.1) is 11.3 Å². The van der Waals surface area contributed by atoms with Crippen LogP contribution in [0.25, 0.3) is 197 Å². The van der Waals surface area contributed by atoms with Crippen LogP contribution in [0.15, 0.2) is 421 Å². The van der Waals surface area contributed by atoms with E-state index >= 15 is 0 Å². The highest BCUT2D eigenvalue weighted by molar-refractivity contribution is 7.26. The maximum atomic E-state index is 7.18. The van der Waals surface area contributed by atoms with Crippen LogP contribution < -0.4 is 9.80 Å². The summed E-state index contributed by atoms with van der Waals surface area (Å²) in [5.74, 6) is 1.25. The highest BCUT2D eigenvalue weighted by Crippen LogP contribution is 2.51. The van der Waals surface area contributed by atoms with Gasteiger partial charge < -0.3 is 18.6 Å². The van der Waals surface area contributed by atoms with Gasteiger partial charge in [-0.3, -0.25) is 9.13 Å². The topological polar surface area (TPSA) is 94.2 Å². The van der Waals surface area contributed by atoms with Crippen LogP contribution in [0, 0.1) is 0 Å². The highest BCUT2D eigenvalue weighted by Gasteiger charge is 2.29. The zero-order valence-electron chi connectivity index (χ0n) is 65.1. The number of para-hydroxylation sites is 5. The molecule has 0 N–H and O–H groups in total. The van der Waals surface area contributed by atoms with Gasteiger partial charge >= 0.3 is 0 Å². The van der Waals surface area contributed by atoms with Crippen molar-refractivity contribution < 1.29 is 8.83 Å². The molecule has 18 aromatic carbocycles. The summed E-state index contributed by atoms with van der Waals surface area (Å²) in [6.45, 7) is 0. The minimum Gasteiger partial charge on any atom is -0.455 e. The predicted molar refractivity (Wildman–Crippen MR) is 504 cm³/mol. The van der Waals surface area contributed by atoms with Crippen molar-refractivity contribution in [2.75, 3.05) is 9.80 Å². The van der Waals surface area contributed by atoms with Crippen molar-refractivity contribution in [2.45, 2.75) is 0 Å².